The summed E-state index contributed by atoms with van der Waals surface area (Å²) in [4.78, 5) is 12.6. The average Bonchev–Trinajstić information content (AvgIpc) is 3.37. The molecule has 2 aromatic carbocycles. The van der Waals surface area contributed by atoms with Crippen LogP contribution in [0, 0.1) is 11.8 Å². The topological polar surface area (TPSA) is 41.1 Å². The van der Waals surface area contributed by atoms with Crippen LogP contribution in [0.5, 0.6) is 0 Å². The van der Waals surface area contributed by atoms with Crippen molar-refractivity contribution in [3.05, 3.63) is 48.0 Å². The van der Waals surface area contributed by atoms with Gasteiger partial charge >= 0.3 is 0 Å². The Morgan fingerprint density at radius 2 is 1.96 bits per heavy atom. The van der Waals surface area contributed by atoms with Crippen molar-refractivity contribution in [3.63, 3.8) is 0 Å². The van der Waals surface area contributed by atoms with Gasteiger partial charge in [-0.15, -0.1) is 12.4 Å². The molecule has 2 aliphatic rings. The van der Waals surface area contributed by atoms with Crippen LogP contribution in [0.2, 0.25) is 0 Å². The van der Waals surface area contributed by atoms with Crippen molar-refractivity contribution < 1.29 is 4.79 Å². The van der Waals surface area contributed by atoms with Crippen molar-refractivity contribution in [2.75, 3.05) is 13.1 Å². The SMILES string of the molecule is CC1CCNCC1NC(=O)C1CC1c1cccc2ccccc12.Cl. The third-order valence-corrected chi connectivity index (χ3v) is 5.51. The summed E-state index contributed by atoms with van der Waals surface area (Å²) in [7, 11) is 0. The largest absolute Gasteiger partial charge is 0.352 e. The maximum atomic E-state index is 12.6. The van der Waals surface area contributed by atoms with E-state index in [2.05, 4.69) is 60.0 Å². The summed E-state index contributed by atoms with van der Waals surface area (Å²) in [6, 6.07) is 15.2. The molecule has 4 heteroatoms. The Bertz CT molecular complexity index is 727. The molecule has 1 amide bonds. The van der Waals surface area contributed by atoms with E-state index >= 15 is 0 Å². The van der Waals surface area contributed by atoms with Gasteiger partial charge in [-0.3, -0.25) is 4.79 Å². The van der Waals surface area contributed by atoms with Crippen LogP contribution >= 0.6 is 12.4 Å². The zero-order valence-electron chi connectivity index (χ0n) is 14.0. The fourth-order valence-corrected chi connectivity index (χ4v) is 3.88. The molecule has 24 heavy (non-hydrogen) atoms. The summed E-state index contributed by atoms with van der Waals surface area (Å²) in [5.41, 5.74) is 1.33. The summed E-state index contributed by atoms with van der Waals surface area (Å²) in [6.45, 7) is 4.20. The number of halogens is 1. The van der Waals surface area contributed by atoms with Crippen molar-refractivity contribution in [2.24, 2.45) is 11.8 Å². The lowest BCUT2D eigenvalue weighted by molar-refractivity contribution is -0.123. The van der Waals surface area contributed by atoms with E-state index in [1.165, 1.54) is 16.3 Å². The van der Waals surface area contributed by atoms with E-state index in [-0.39, 0.29) is 30.3 Å². The van der Waals surface area contributed by atoms with Crippen LogP contribution in [-0.4, -0.2) is 25.0 Å². The highest BCUT2D eigenvalue weighted by atomic mass is 35.5. The zero-order chi connectivity index (χ0) is 15.8. The van der Waals surface area contributed by atoms with Gasteiger partial charge in [0, 0.05) is 18.5 Å². The lowest BCUT2D eigenvalue weighted by Crippen LogP contribution is -2.50. The third-order valence-electron chi connectivity index (χ3n) is 5.51. The van der Waals surface area contributed by atoms with E-state index in [0.29, 0.717) is 11.8 Å². The fourth-order valence-electron chi connectivity index (χ4n) is 3.88. The molecule has 2 fully saturated rings. The summed E-state index contributed by atoms with van der Waals surface area (Å²) >= 11 is 0. The van der Waals surface area contributed by atoms with Crippen LogP contribution in [0.3, 0.4) is 0 Å². The molecule has 0 spiro atoms. The lowest BCUT2D eigenvalue weighted by Gasteiger charge is -2.30. The van der Waals surface area contributed by atoms with Gasteiger partial charge in [0.05, 0.1) is 0 Å². The van der Waals surface area contributed by atoms with Gasteiger partial charge in [0.25, 0.3) is 0 Å². The van der Waals surface area contributed by atoms with E-state index in [9.17, 15) is 4.79 Å². The van der Waals surface area contributed by atoms with Gasteiger partial charge in [-0.25, -0.2) is 0 Å². The molecule has 1 aliphatic heterocycles. The van der Waals surface area contributed by atoms with Crippen molar-refractivity contribution in [1.82, 2.24) is 10.6 Å². The Kier molecular flexibility index (Phi) is 5.12. The summed E-state index contributed by atoms with van der Waals surface area (Å²) in [5, 5.41) is 9.22. The highest BCUT2D eigenvalue weighted by molar-refractivity contribution is 5.89. The van der Waals surface area contributed by atoms with Gasteiger partial charge in [-0.2, -0.15) is 0 Å². The Labute approximate surface area is 149 Å². The first-order valence-corrected chi connectivity index (χ1v) is 8.73. The highest BCUT2D eigenvalue weighted by Gasteiger charge is 2.45. The van der Waals surface area contributed by atoms with E-state index in [1.807, 2.05) is 0 Å². The standard InChI is InChI=1S/C20H24N2O.ClH/c1-13-9-10-21-12-19(13)22-20(23)18-11-17(18)16-8-4-6-14-5-2-3-7-15(14)16;/h2-8,13,17-19,21H,9-12H2,1H3,(H,22,23);1H. The minimum absolute atomic E-state index is 0. The van der Waals surface area contributed by atoms with Gasteiger partial charge < -0.3 is 10.6 Å². The number of fused-ring (bicyclic) bond motifs is 1. The van der Waals surface area contributed by atoms with Crippen molar-refractivity contribution >= 4 is 29.1 Å². The van der Waals surface area contributed by atoms with E-state index < -0.39 is 0 Å². The molecule has 1 heterocycles. The van der Waals surface area contributed by atoms with Gasteiger partial charge in [-0.05, 0) is 47.6 Å². The molecular weight excluding hydrogens is 320 g/mol. The molecule has 1 saturated heterocycles. The molecular formula is C20H25ClN2O. The van der Waals surface area contributed by atoms with E-state index in [1.54, 1.807) is 0 Å². The smallest absolute Gasteiger partial charge is 0.224 e. The van der Waals surface area contributed by atoms with Gasteiger partial charge in [-0.1, -0.05) is 49.4 Å². The van der Waals surface area contributed by atoms with E-state index in [0.717, 1.165) is 25.9 Å². The predicted octanol–water partition coefficient (Wildman–Crippen LogP) is 3.48. The second kappa shape index (κ2) is 7.12. The molecule has 2 aromatic rings. The molecule has 0 radical (unpaired) electrons. The Balaban J connectivity index is 0.00000169. The Morgan fingerprint density at radius 3 is 2.79 bits per heavy atom. The molecule has 0 bridgehead atoms. The van der Waals surface area contributed by atoms with Gasteiger partial charge in [0.15, 0.2) is 0 Å². The number of rotatable bonds is 3. The van der Waals surface area contributed by atoms with Crippen molar-refractivity contribution in [3.8, 4) is 0 Å². The van der Waals surface area contributed by atoms with Crippen LogP contribution in [-0.2, 0) is 4.79 Å². The summed E-state index contributed by atoms with van der Waals surface area (Å²) in [5.74, 6) is 1.33. The number of carbonyl (C=O) groups is 1. The predicted molar refractivity (Wildman–Crippen MR) is 101 cm³/mol. The van der Waals surface area contributed by atoms with Crippen LogP contribution in [0.4, 0.5) is 0 Å². The van der Waals surface area contributed by atoms with Crippen LogP contribution in [0.1, 0.15) is 31.2 Å². The molecule has 128 valence electrons. The lowest BCUT2D eigenvalue weighted by atomic mass is 9.94. The molecule has 2 N–H and O–H groups in total. The summed E-state index contributed by atoms with van der Waals surface area (Å²) < 4.78 is 0. The quantitative estimate of drug-likeness (QED) is 0.895. The molecule has 0 aromatic heterocycles. The molecule has 4 unspecified atom stereocenters. The van der Waals surface area contributed by atoms with E-state index in [4.69, 9.17) is 0 Å². The minimum atomic E-state index is 0. The first-order chi connectivity index (χ1) is 11.2. The first-order valence-electron chi connectivity index (χ1n) is 8.73. The molecule has 4 rings (SSSR count). The third kappa shape index (κ3) is 3.28. The first kappa shape index (κ1) is 17.2. The average molecular weight is 345 g/mol. The number of carbonyl (C=O) groups excluding carboxylic acids is 1. The van der Waals surface area contributed by atoms with Crippen LogP contribution in [0.15, 0.2) is 42.5 Å². The molecule has 1 saturated carbocycles. The van der Waals surface area contributed by atoms with Gasteiger partial charge in [0.2, 0.25) is 5.91 Å². The zero-order valence-corrected chi connectivity index (χ0v) is 14.8. The number of piperidine rings is 1. The second-order valence-corrected chi connectivity index (χ2v) is 7.10. The number of hydrogen-bond donors (Lipinski definition) is 2. The monoisotopic (exact) mass is 344 g/mol. The van der Waals surface area contributed by atoms with Crippen molar-refractivity contribution in [2.45, 2.75) is 31.7 Å². The van der Waals surface area contributed by atoms with Gasteiger partial charge in [0.1, 0.15) is 0 Å². The highest BCUT2D eigenvalue weighted by Crippen LogP contribution is 2.49. The number of nitrogens with one attached hydrogen (secondary N) is 2. The molecule has 1 aliphatic carbocycles. The number of benzene rings is 2. The maximum Gasteiger partial charge on any atom is 0.224 e. The maximum absolute atomic E-state index is 12.6. The number of hydrogen-bond acceptors (Lipinski definition) is 2. The molecule has 3 nitrogen and oxygen atoms in total. The molecule has 4 atom stereocenters. The van der Waals surface area contributed by atoms with Crippen LogP contribution in [0.25, 0.3) is 10.8 Å². The number of amides is 1. The minimum Gasteiger partial charge on any atom is -0.352 e. The Morgan fingerprint density at radius 1 is 1.17 bits per heavy atom. The fraction of sp³-hybridized carbons (Fsp3) is 0.450. The normalized spacial score (nSPS) is 28.9. The van der Waals surface area contributed by atoms with Crippen LogP contribution < -0.4 is 10.6 Å². The summed E-state index contributed by atoms with van der Waals surface area (Å²) in [6.07, 6.45) is 2.12. The Hall–Kier alpha value is -1.58. The second-order valence-electron chi connectivity index (χ2n) is 7.10. The van der Waals surface area contributed by atoms with Crippen molar-refractivity contribution in [1.29, 1.82) is 0 Å².